The van der Waals surface area contributed by atoms with E-state index in [0.717, 1.165) is 27.9 Å². The molecule has 1 heterocycles. The SMILES string of the molecule is CCOC(=O)Cc1ccc(F)cc1OCc1cc(C)c2oc(COC)cc2c1. The van der Waals surface area contributed by atoms with Crippen molar-refractivity contribution >= 4 is 16.9 Å². The Bertz CT molecular complexity index is 976. The maximum atomic E-state index is 13.7. The molecule has 0 N–H and O–H groups in total. The molecule has 28 heavy (non-hydrogen) atoms. The van der Waals surface area contributed by atoms with Gasteiger partial charge in [0.25, 0.3) is 0 Å². The van der Waals surface area contributed by atoms with Gasteiger partial charge in [0.2, 0.25) is 0 Å². The molecule has 0 saturated carbocycles. The molecule has 0 unspecified atom stereocenters. The van der Waals surface area contributed by atoms with Crippen LogP contribution in [-0.2, 0) is 33.9 Å². The Kier molecular flexibility index (Phi) is 6.31. The lowest BCUT2D eigenvalue weighted by atomic mass is 10.1. The van der Waals surface area contributed by atoms with Crippen LogP contribution in [0.25, 0.3) is 11.0 Å². The largest absolute Gasteiger partial charge is 0.488 e. The maximum absolute atomic E-state index is 13.7. The van der Waals surface area contributed by atoms with Gasteiger partial charge >= 0.3 is 5.97 Å². The van der Waals surface area contributed by atoms with E-state index < -0.39 is 5.82 Å². The first-order valence-corrected chi connectivity index (χ1v) is 9.08. The topological polar surface area (TPSA) is 57.9 Å². The van der Waals surface area contributed by atoms with Gasteiger partial charge in [-0.1, -0.05) is 6.07 Å². The van der Waals surface area contributed by atoms with Crippen molar-refractivity contribution in [2.75, 3.05) is 13.7 Å². The minimum atomic E-state index is -0.423. The molecule has 148 valence electrons. The Balaban J connectivity index is 1.79. The minimum absolute atomic E-state index is 0.0314. The lowest BCUT2D eigenvalue weighted by Gasteiger charge is -2.12. The molecular weight excluding hydrogens is 363 g/mol. The number of hydrogen-bond donors (Lipinski definition) is 0. The summed E-state index contributed by atoms with van der Waals surface area (Å²) in [6, 6.07) is 10.0. The summed E-state index contributed by atoms with van der Waals surface area (Å²) in [5.74, 6) is 0.284. The van der Waals surface area contributed by atoms with Gasteiger partial charge in [0.05, 0.1) is 13.0 Å². The van der Waals surface area contributed by atoms with E-state index in [2.05, 4.69) is 0 Å². The number of hydrogen-bond acceptors (Lipinski definition) is 5. The van der Waals surface area contributed by atoms with Crippen LogP contribution < -0.4 is 4.74 Å². The van der Waals surface area contributed by atoms with Crippen molar-refractivity contribution < 1.29 is 27.8 Å². The summed E-state index contributed by atoms with van der Waals surface area (Å²) in [6.07, 6.45) is 0.0314. The summed E-state index contributed by atoms with van der Waals surface area (Å²) in [4.78, 5) is 11.8. The van der Waals surface area contributed by atoms with Gasteiger partial charge in [0.1, 0.15) is 36.1 Å². The number of benzene rings is 2. The van der Waals surface area contributed by atoms with Crippen LogP contribution in [-0.4, -0.2) is 19.7 Å². The predicted molar refractivity (Wildman–Crippen MR) is 103 cm³/mol. The van der Waals surface area contributed by atoms with E-state index >= 15 is 0 Å². The zero-order chi connectivity index (χ0) is 20.1. The van der Waals surface area contributed by atoms with E-state index in [1.807, 2.05) is 25.1 Å². The molecule has 0 atom stereocenters. The number of carbonyl (C=O) groups excluding carboxylic acids is 1. The standard InChI is InChI=1S/C22H23FO5/c1-4-26-21(24)10-16-5-6-18(23)11-20(16)27-12-15-7-14(2)22-17(8-15)9-19(28-22)13-25-3/h5-9,11H,4,10,12-13H2,1-3H3. The van der Waals surface area contributed by atoms with Gasteiger partial charge in [-0.3, -0.25) is 4.79 Å². The maximum Gasteiger partial charge on any atom is 0.310 e. The molecule has 0 fully saturated rings. The highest BCUT2D eigenvalue weighted by molar-refractivity contribution is 5.82. The van der Waals surface area contributed by atoms with Crippen LogP contribution in [0.15, 0.2) is 40.8 Å². The third-order valence-corrected chi connectivity index (χ3v) is 4.26. The second kappa shape index (κ2) is 8.89. The third kappa shape index (κ3) is 4.70. The van der Waals surface area contributed by atoms with Crippen LogP contribution in [0, 0.1) is 12.7 Å². The summed E-state index contributed by atoms with van der Waals surface area (Å²) in [6.45, 7) is 4.64. The zero-order valence-electron chi connectivity index (χ0n) is 16.2. The summed E-state index contributed by atoms with van der Waals surface area (Å²) in [5, 5.41) is 0.955. The second-order valence-electron chi connectivity index (χ2n) is 6.50. The van der Waals surface area contributed by atoms with Crippen molar-refractivity contribution in [3.05, 3.63) is 64.7 Å². The third-order valence-electron chi connectivity index (χ3n) is 4.26. The highest BCUT2D eigenvalue weighted by Crippen LogP contribution is 2.27. The number of methoxy groups -OCH3 is 1. The molecular formula is C22H23FO5. The smallest absolute Gasteiger partial charge is 0.310 e. The Labute approximate surface area is 163 Å². The van der Waals surface area contributed by atoms with Gasteiger partial charge < -0.3 is 18.6 Å². The van der Waals surface area contributed by atoms with Gasteiger partial charge in [0.15, 0.2) is 0 Å². The molecule has 2 aromatic carbocycles. The van der Waals surface area contributed by atoms with Gasteiger partial charge in [0, 0.05) is 24.1 Å². The van der Waals surface area contributed by atoms with E-state index in [4.69, 9.17) is 18.6 Å². The van der Waals surface area contributed by atoms with Crippen LogP contribution in [0.3, 0.4) is 0 Å². The molecule has 0 aliphatic heterocycles. The van der Waals surface area contributed by atoms with Crippen molar-refractivity contribution in [3.63, 3.8) is 0 Å². The highest BCUT2D eigenvalue weighted by atomic mass is 19.1. The molecule has 0 aliphatic carbocycles. The normalized spacial score (nSPS) is 11.0. The quantitative estimate of drug-likeness (QED) is 0.525. The number of carbonyl (C=O) groups is 1. The van der Waals surface area contributed by atoms with Gasteiger partial charge in [-0.2, -0.15) is 0 Å². The fourth-order valence-corrected chi connectivity index (χ4v) is 3.09. The first-order valence-electron chi connectivity index (χ1n) is 9.08. The van der Waals surface area contributed by atoms with Crippen molar-refractivity contribution in [1.29, 1.82) is 0 Å². The number of halogens is 1. The average molecular weight is 386 g/mol. The van der Waals surface area contributed by atoms with Crippen LogP contribution in [0.4, 0.5) is 4.39 Å². The van der Waals surface area contributed by atoms with Gasteiger partial charge in [-0.15, -0.1) is 0 Å². The monoisotopic (exact) mass is 386 g/mol. The lowest BCUT2D eigenvalue weighted by Crippen LogP contribution is -2.09. The number of rotatable bonds is 8. The van der Waals surface area contributed by atoms with E-state index in [0.29, 0.717) is 24.5 Å². The van der Waals surface area contributed by atoms with Gasteiger partial charge in [-0.05, 0) is 49.2 Å². The first-order chi connectivity index (χ1) is 13.5. The second-order valence-corrected chi connectivity index (χ2v) is 6.50. The number of aryl methyl sites for hydroxylation is 1. The van der Waals surface area contributed by atoms with Crippen LogP contribution in [0.5, 0.6) is 5.75 Å². The van der Waals surface area contributed by atoms with E-state index in [1.165, 1.54) is 12.1 Å². The van der Waals surface area contributed by atoms with E-state index in [-0.39, 0.29) is 19.0 Å². The zero-order valence-corrected chi connectivity index (χ0v) is 16.2. The molecule has 0 saturated heterocycles. The molecule has 0 aliphatic rings. The fraction of sp³-hybridized carbons (Fsp3) is 0.318. The van der Waals surface area contributed by atoms with E-state index in [9.17, 15) is 9.18 Å². The van der Waals surface area contributed by atoms with E-state index in [1.54, 1.807) is 20.1 Å². The Morgan fingerprint density at radius 3 is 2.71 bits per heavy atom. The molecule has 3 aromatic rings. The Hall–Kier alpha value is -2.86. The summed E-state index contributed by atoms with van der Waals surface area (Å²) < 4.78 is 35.4. The van der Waals surface area contributed by atoms with Crippen LogP contribution in [0.1, 0.15) is 29.4 Å². The lowest BCUT2D eigenvalue weighted by molar-refractivity contribution is -0.142. The molecule has 0 spiro atoms. The number of esters is 1. The number of ether oxygens (including phenoxy) is 3. The minimum Gasteiger partial charge on any atom is -0.488 e. The first kappa shape index (κ1) is 19.9. The molecule has 1 aromatic heterocycles. The van der Waals surface area contributed by atoms with Gasteiger partial charge in [-0.25, -0.2) is 4.39 Å². The van der Waals surface area contributed by atoms with Crippen LogP contribution in [0.2, 0.25) is 0 Å². The van der Waals surface area contributed by atoms with Crippen molar-refractivity contribution in [3.8, 4) is 5.75 Å². The van der Waals surface area contributed by atoms with Crippen molar-refractivity contribution in [1.82, 2.24) is 0 Å². The molecule has 6 heteroatoms. The summed E-state index contributed by atoms with van der Waals surface area (Å²) in [7, 11) is 1.62. The van der Waals surface area contributed by atoms with Crippen molar-refractivity contribution in [2.45, 2.75) is 33.5 Å². The molecule has 3 rings (SSSR count). The number of fused-ring (bicyclic) bond motifs is 1. The van der Waals surface area contributed by atoms with Crippen LogP contribution >= 0.6 is 0 Å². The Morgan fingerprint density at radius 2 is 1.96 bits per heavy atom. The Morgan fingerprint density at radius 1 is 1.14 bits per heavy atom. The molecule has 0 amide bonds. The molecule has 0 radical (unpaired) electrons. The number of furan rings is 1. The molecule has 0 bridgehead atoms. The summed E-state index contributed by atoms with van der Waals surface area (Å²) in [5.41, 5.74) is 3.29. The summed E-state index contributed by atoms with van der Waals surface area (Å²) >= 11 is 0. The highest BCUT2D eigenvalue weighted by Gasteiger charge is 2.13. The van der Waals surface area contributed by atoms with Crippen molar-refractivity contribution in [2.24, 2.45) is 0 Å². The molecule has 5 nitrogen and oxygen atoms in total. The predicted octanol–water partition coefficient (Wildman–Crippen LogP) is 4.71. The fourth-order valence-electron chi connectivity index (χ4n) is 3.09. The average Bonchev–Trinajstić information content (AvgIpc) is 3.05.